The molecule has 0 aliphatic heterocycles. The molecule has 0 aliphatic rings. The maximum Gasteiger partial charge on any atom is 0.328 e. The zero-order valence-corrected chi connectivity index (χ0v) is 9.02. The van der Waals surface area contributed by atoms with Gasteiger partial charge < -0.3 is 10.4 Å². The SMILES string of the molecule is Cc1cc(C)nc(NC(=O)/C=C\C(=O)O)c1. The Morgan fingerprint density at radius 2 is 2.00 bits per heavy atom. The molecule has 2 N–H and O–H groups in total. The lowest BCUT2D eigenvalue weighted by Gasteiger charge is -2.03. The van der Waals surface area contributed by atoms with E-state index in [2.05, 4.69) is 10.3 Å². The van der Waals surface area contributed by atoms with Crippen LogP contribution in [0.15, 0.2) is 24.3 Å². The summed E-state index contributed by atoms with van der Waals surface area (Å²) in [5.74, 6) is -1.26. The van der Waals surface area contributed by atoms with Crippen molar-refractivity contribution < 1.29 is 14.7 Å². The van der Waals surface area contributed by atoms with Crippen LogP contribution in [-0.2, 0) is 9.59 Å². The second-order valence-electron chi connectivity index (χ2n) is 3.33. The van der Waals surface area contributed by atoms with Gasteiger partial charge in [0.2, 0.25) is 5.91 Å². The summed E-state index contributed by atoms with van der Waals surface area (Å²) in [6, 6.07) is 3.59. The number of aryl methyl sites for hydroxylation is 2. The monoisotopic (exact) mass is 220 g/mol. The molecule has 5 heteroatoms. The molecule has 0 spiro atoms. The van der Waals surface area contributed by atoms with Crippen molar-refractivity contribution in [3.8, 4) is 0 Å². The molecule has 1 aromatic heterocycles. The summed E-state index contributed by atoms with van der Waals surface area (Å²) in [4.78, 5) is 25.5. The third-order valence-electron chi connectivity index (χ3n) is 1.73. The number of amides is 1. The minimum Gasteiger partial charge on any atom is -0.478 e. The van der Waals surface area contributed by atoms with E-state index < -0.39 is 11.9 Å². The summed E-state index contributed by atoms with van der Waals surface area (Å²) in [5, 5.41) is 10.8. The van der Waals surface area contributed by atoms with Crippen LogP contribution in [0.4, 0.5) is 5.82 Å². The number of hydrogen-bond acceptors (Lipinski definition) is 3. The summed E-state index contributed by atoms with van der Waals surface area (Å²) < 4.78 is 0. The molecule has 1 heterocycles. The second kappa shape index (κ2) is 5.06. The number of nitrogens with one attached hydrogen (secondary N) is 1. The molecule has 0 atom stereocenters. The summed E-state index contributed by atoms with van der Waals surface area (Å²) in [5.41, 5.74) is 1.77. The fourth-order valence-corrected chi connectivity index (χ4v) is 1.22. The molecule has 16 heavy (non-hydrogen) atoms. The Balaban J connectivity index is 2.73. The van der Waals surface area contributed by atoms with Crippen molar-refractivity contribution in [3.63, 3.8) is 0 Å². The van der Waals surface area contributed by atoms with Gasteiger partial charge in [-0.3, -0.25) is 4.79 Å². The summed E-state index contributed by atoms with van der Waals surface area (Å²) >= 11 is 0. The van der Waals surface area contributed by atoms with Crippen molar-refractivity contribution in [1.29, 1.82) is 0 Å². The van der Waals surface area contributed by atoms with E-state index in [9.17, 15) is 9.59 Å². The van der Waals surface area contributed by atoms with Crippen LogP contribution in [0.25, 0.3) is 0 Å². The van der Waals surface area contributed by atoms with E-state index in [0.29, 0.717) is 5.82 Å². The van der Waals surface area contributed by atoms with Crippen LogP contribution in [0.3, 0.4) is 0 Å². The smallest absolute Gasteiger partial charge is 0.328 e. The number of carboxylic acid groups (broad SMARTS) is 1. The van der Waals surface area contributed by atoms with Gasteiger partial charge in [0.1, 0.15) is 5.82 Å². The number of carbonyl (C=O) groups excluding carboxylic acids is 1. The van der Waals surface area contributed by atoms with E-state index in [1.54, 1.807) is 6.07 Å². The molecule has 1 aromatic rings. The van der Waals surface area contributed by atoms with Gasteiger partial charge in [0.25, 0.3) is 0 Å². The molecule has 84 valence electrons. The number of rotatable bonds is 3. The van der Waals surface area contributed by atoms with E-state index in [1.807, 2.05) is 19.9 Å². The first kappa shape index (κ1) is 11.9. The Kier molecular flexibility index (Phi) is 3.77. The van der Waals surface area contributed by atoms with Crippen molar-refractivity contribution in [2.45, 2.75) is 13.8 Å². The van der Waals surface area contributed by atoms with E-state index in [4.69, 9.17) is 5.11 Å². The molecule has 0 saturated carbocycles. The molecule has 0 aliphatic carbocycles. The lowest BCUT2D eigenvalue weighted by molar-refractivity contribution is -0.131. The van der Waals surface area contributed by atoms with Crippen molar-refractivity contribution in [2.24, 2.45) is 0 Å². The van der Waals surface area contributed by atoms with E-state index in [1.165, 1.54) is 0 Å². The van der Waals surface area contributed by atoms with Crippen LogP contribution >= 0.6 is 0 Å². The number of pyridine rings is 1. The number of aliphatic carboxylic acids is 1. The van der Waals surface area contributed by atoms with Crippen LogP contribution in [0.2, 0.25) is 0 Å². The van der Waals surface area contributed by atoms with Gasteiger partial charge in [-0.1, -0.05) is 0 Å². The summed E-state index contributed by atoms with van der Waals surface area (Å²) in [7, 11) is 0. The molecule has 0 unspecified atom stereocenters. The lowest BCUT2D eigenvalue weighted by atomic mass is 10.2. The zero-order valence-electron chi connectivity index (χ0n) is 9.02. The standard InChI is InChI=1S/C11H12N2O3/c1-7-5-8(2)12-9(6-7)13-10(14)3-4-11(15)16/h3-6H,1-2H3,(H,15,16)(H,12,13,14)/b4-3-. The Morgan fingerprint density at radius 3 is 2.56 bits per heavy atom. The molecule has 0 saturated heterocycles. The predicted octanol–water partition coefficient (Wildman–Crippen LogP) is 1.28. The molecule has 0 fully saturated rings. The van der Waals surface area contributed by atoms with Gasteiger partial charge >= 0.3 is 5.97 Å². The molecule has 0 bridgehead atoms. The van der Waals surface area contributed by atoms with Gasteiger partial charge in [-0.2, -0.15) is 0 Å². The molecule has 1 rings (SSSR count). The van der Waals surface area contributed by atoms with Crippen molar-refractivity contribution in [1.82, 2.24) is 4.98 Å². The number of anilines is 1. The fourth-order valence-electron chi connectivity index (χ4n) is 1.22. The normalized spacial score (nSPS) is 10.4. The Bertz CT molecular complexity index is 432. The summed E-state index contributed by atoms with van der Waals surface area (Å²) in [6.45, 7) is 3.70. The quantitative estimate of drug-likeness (QED) is 0.752. The van der Waals surface area contributed by atoms with Crippen LogP contribution in [0.5, 0.6) is 0 Å². The largest absolute Gasteiger partial charge is 0.478 e. The first-order valence-corrected chi connectivity index (χ1v) is 4.64. The Morgan fingerprint density at radius 1 is 1.31 bits per heavy atom. The highest BCUT2D eigenvalue weighted by molar-refractivity contribution is 6.01. The topological polar surface area (TPSA) is 79.3 Å². The van der Waals surface area contributed by atoms with Crippen LogP contribution in [0, 0.1) is 13.8 Å². The highest BCUT2D eigenvalue weighted by atomic mass is 16.4. The van der Waals surface area contributed by atoms with E-state index in [0.717, 1.165) is 23.4 Å². The van der Waals surface area contributed by atoms with Gasteiger partial charge in [-0.15, -0.1) is 0 Å². The van der Waals surface area contributed by atoms with Crippen molar-refractivity contribution >= 4 is 17.7 Å². The minimum atomic E-state index is -1.16. The van der Waals surface area contributed by atoms with Crippen LogP contribution < -0.4 is 5.32 Å². The van der Waals surface area contributed by atoms with Crippen molar-refractivity contribution in [2.75, 3.05) is 5.32 Å². The molecule has 5 nitrogen and oxygen atoms in total. The highest BCUT2D eigenvalue weighted by Crippen LogP contribution is 2.08. The highest BCUT2D eigenvalue weighted by Gasteiger charge is 2.01. The Labute approximate surface area is 92.8 Å². The van der Waals surface area contributed by atoms with Gasteiger partial charge in [-0.05, 0) is 31.5 Å². The minimum absolute atomic E-state index is 0.414. The molecule has 0 radical (unpaired) electrons. The molecular formula is C11H12N2O3. The summed E-state index contributed by atoms with van der Waals surface area (Å²) in [6.07, 6.45) is 1.72. The number of nitrogens with zero attached hydrogens (tertiary/aromatic N) is 1. The molecule has 1 amide bonds. The Hall–Kier alpha value is -2.17. The predicted molar refractivity (Wildman–Crippen MR) is 59.1 cm³/mol. The average Bonchev–Trinajstić information content (AvgIpc) is 2.12. The number of carbonyl (C=O) groups is 2. The second-order valence-corrected chi connectivity index (χ2v) is 3.33. The van der Waals surface area contributed by atoms with Gasteiger partial charge in [0.15, 0.2) is 0 Å². The first-order chi connectivity index (χ1) is 7.47. The molecule has 0 aromatic carbocycles. The maximum absolute atomic E-state index is 11.2. The van der Waals surface area contributed by atoms with E-state index in [-0.39, 0.29) is 0 Å². The van der Waals surface area contributed by atoms with Gasteiger partial charge in [0.05, 0.1) is 0 Å². The number of aromatic nitrogens is 1. The fraction of sp³-hybridized carbons (Fsp3) is 0.182. The van der Waals surface area contributed by atoms with E-state index >= 15 is 0 Å². The lowest BCUT2D eigenvalue weighted by Crippen LogP contribution is -2.10. The van der Waals surface area contributed by atoms with Gasteiger partial charge in [-0.25, -0.2) is 9.78 Å². The van der Waals surface area contributed by atoms with Crippen LogP contribution in [0.1, 0.15) is 11.3 Å². The van der Waals surface area contributed by atoms with Gasteiger partial charge in [0, 0.05) is 17.8 Å². The average molecular weight is 220 g/mol. The van der Waals surface area contributed by atoms with Crippen LogP contribution in [-0.4, -0.2) is 22.0 Å². The third kappa shape index (κ3) is 3.91. The zero-order chi connectivity index (χ0) is 12.1. The molecular weight excluding hydrogens is 208 g/mol. The first-order valence-electron chi connectivity index (χ1n) is 4.64. The number of carboxylic acids is 1. The van der Waals surface area contributed by atoms with Crippen molar-refractivity contribution in [3.05, 3.63) is 35.5 Å². The maximum atomic E-state index is 11.2. The third-order valence-corrected chi connectivity index (χ3v) is 1.73. The number of hydrogen-bond donors (Lipinski definition) is 2.